The van der Waals surface area contributed by atoms with E-state index in [9.17, 15) is 4.79 Å². The lowest BCUT2D eigenvalue weighted by molar-refractivity contribution is -0.140. The highest BCUT2D eigenvalue weighted by Crippen LogP contribution is 2.21. The Kier molecular flexibility index (Phi) is 4.66. The predicted octanol–water partition coefficient (Wildman–Crippen LogP) is 1.26. The number of hydrogen-bond donors (Lipinski definition) is 2. The van der Waals surface area contributed by atoms with Gasteiger partial charge in [0.05, 0.1) is 6.04 Å². The molecule has 0 spiro atoms. The van der Waals surface area contributed by atoms with Crippen LogP contribution in [0.3, 0.4) is 0 Å². The third-order valence-electron chi connectivity index (χ3n) is 2.91. The first-order chi connectivity index (χ1) is 7.97. The summed E-state index contributed by atoms with van der Waals surface area (Å²) in [5.41, 5.74) is 7.89. The zero-order chi connectivity index (χ0) is 13.0. The molecule has 0 aliphatic carbocycles. The normalized spacial score (nSPS) is 14.6. The van der Waals surface area contributed by atoms with Crippen molar-refractivity contribution in [3.63, 3.8) is 0 Å². The second kappa shape index (κ2) is 5.80. The zero-order valence-corrected chi connectivity index (χ0v) is 10.6. The summed E-state index contributed by atoms with van der Waals surface area (Å²) >= 11 is 0. The minimum atomic E-state index is -0.983. The zero-order valence-electron chi connectivity index (χ0n) is 10.6. The predicted molar refractivity (Wildman–Crippen MR) is 67.9 cm³/mol. The van der Waals surface area contributed by atoms with Gasteiger partial charge in [0.2, 0.25) is 0 Å². The van der Waals surface area contributed by atoms with E-state index < -0.39 is 12.0 Å². The number of carbonyl (C=O) groups is 1. The first kappa shape index (κ1) is 13.7. The first-order valence-electron chi connectivity index (χ1n) is 5.71. The van der Waals surface area contributed by atoms with Gasteiger partial charge in [-0.25, -0.2) is 0 Å². The maximum atomic E-state index is 11.0. The molecule has 0 aromatic heterocycles. The third kappa shape index (κ3) is 3.28. The van der Waals surface area contributed by atoms with E-state index in [1.807, 2.05) is 43.3 Å². The molecule has 3 N–H and O–H groups in total. The fourth-order valence-corrected chi connectivity index (χ4v) is 1.91. The average Bonchev–Trinajstić information content (AvgIpc) is 2.29. The number of benzene rings is 1. The largest absolute Gasteiger partial charge is 0.480 e. The summed E-state index contributed by atoms with van der Waals surface area (Å²) in [7, 11) is 3.67. The summed E-state index contributed by atoms with van der Waals surface area (Å²) in [6.45, 7) is 2.08. The number of rotatable bonds is 5. The number of aryl methyl sites for hydroxylation is 1. The molecule has 0 amide bonds. The molecule has 17 heavy (non-hydrogen) atoms. The Morgan fingerprint density at radius 2 is 1.88 bits per heavy atom. The Labute approximate surface area is 102 Å². The lowest BCUT2D eigenvalue weighted by Crippen LogP contribution is -2.43. The van der Waals surface area contributed by atoms with Crippen molar-refractivity contribution in [1.82, 2.24) is 4.90 Å². The highest BCUT2D eigenvalue weighted by atomic mass is 16.4. The van der Waals surface area contributed by atoms with Crippen molar-refractivity contribution in [3.8, 4) is 0 Å². The van der Waals surface area contributed by atoms with Crippen molar-refractivity contribution >= 4 is 5.97 Å². The molecule has 1 aromatic rings. The molecule has 0 aliphatic rings. The van der Waals surface area contributed by atoms with Crippen LogP contribution in [0.4, 0.5) is 0 Å². The van der Waals surface area contributed by atoms with Gasteiger partial charge in [-0.3, -0.25) is 4.79 Å². The summed E-state index contributed by atoms with van der Waals surface area (Å²) in [5, 5.41) is 9.01. The van der Waals surface area contributed by atoms with Crippen LogP contribution in [0.5, 0.6) is 0 Å². The number of nitrogens with two attached hydrogens (primary N) is 1. The number of aliphatic carboxylic acids is 1. The van der Waals surface area contributed by atoms with Gasteiger partial charge in [-0.2, -0.15) is 0 Å². The van der Waals surface area contributed by atoms with Gasteiger partial charge in [0, 0.05) is 0 Å². The molecular weight excluding hydrogens is 216 g/mol. The number of nitrogens with zero attached hydrogens (tertiary/aromatic N) is 1. The average molecular weight is 236 g/mol. The van der Waals surface area contributed by atoms with Crippen LogP contribution in [0, 0.1) is 0 Å². The van der Waals surface area contributed by atoms with E-state index in [-0.39, 0.29) is 6.04 Å². The van der Waals surface area contributed by atoms with E-state index in [1.165, 1.54) is 5.56 Å². The van der Waals surface area contributed by atoms with Crippen molar-refractivity contribution in [3.05, 3.63) is 35.4 Å². The molecule has 2 atom stereocenters. The number of carboxylic acid groups (broad SMARTS) is 1. The topological polar surface area (TPSA) is 66.6 Å². The summed E-state index contributed by atoms with van der Waals surface area (Å²) in [6, 6.07) is 6.70. The van der Waals surface area contributed by atoms with E-state index in [1.54, 1.807) is 0 Å². The molecule has 0 bridgehead atoms. The van der Waals surface area contributed by atoms with Crippen molar-refractivity contribution in [2.75, 3.05) is 14.1 Å². The van der Waals surface area contributed by atoms with E-state index in [4.69, 9.17) is 10.8 Å². The molecule has 0 fully saturated rings. The molecular formula is C13H20N2O2. The van der Waals surface area contributed by atoms with E-state index in [0.717, 1.165) is 12.0 Å². The van der Waals surface area contributed by atoms with Crippen LogP contribution in [0.15, 0.2) is 24.3 Å². The second-order valence-electron chi connectivity index (χ2n) is 4.37. The van der Waals surface area contributed by atoms with E-state index in [2.05, 4.69) is 6.92 Å². The fourth-order valence-electron chi connectivity index (χ4n) is 1.91. The molecule has 1 aromatic carbocycles. The third-order valence-corrected chi connectivity index (χ3v) is 2.91. The lowest BCUT2D eigenvalue weighted by Gasteiger charge is -2.28. The Bertz CT molecular complexity index is 374. The molecule has 0 saturated heterocycles. The molecule has 0 aliphatic heterocycles. The van der Waals surface area contributed by atoms with Gasteiger partial charge in [0.25, 0.3) is 0 Å². The van der Waals surface area contributed by atoms with Gasteiger partial charge >= 0.3 is 5.97 Å². The minimum absolute atomic E-state index is 0.307. The van der Waals surface area contributed by atoms with Crippen molar-refractivity contribution < 1.29 is 9.90 Å². The van der Waals surface area contributed by atoms with Gasteiger partial charge in [-0.1, -0.05) is 31.2 Å². The summed E-state index contributed by atoms with van der Waals surface area (Å²) in [4.78, 5) is 12.8. The summed E-state index contributed by atoms with van der Waals surface area (Å²) in [6.07, 6.45) is 0.970. The van der Waals surface area contributed by atoms with Gasteiger partial charge in [-0.05, 0) is 31.6 Å². The highest BCUT2D eigenvalue weighted by Gasteiger charge is 2.27. The molecule has 4 nitrogen and oxygen atoms in total. The van der Waals surface area contributed by atoms with Crippen LogP contribution in [-0.2, 0) is 11.2 Å². The number of hydrogen-bond acceptors (Lipinski definition) is 3. The standard InChI is InChI=1S/C13H20N2O2/c1-4-9-5-7-10(8-6-9)12(15(2)3)11(14)13(16)17/h5-8,11-12H,4,14H2,1-3H3,(H,16,17). The van der Waals surface area contributed by atoms with E-state index in [0.29, 0.717) is 0 Å². The number of likely N-dealkylation sites (N-methyl/N-ethyl adjacent to an activating group) is 1. The monoisotopic (exact) mass is 236 g/mol. The fraction of sp³-hybridized carbons (Fsp3) is 0.462. The minimum Gasteiger partial charge on any atom is -0.480 e. The Morgan fingerprint density at radius 3 is 2.24 bits per heavy atom. The quantitative estimate of drug-likeness (QED) is 0.807. The van der Waals surface area contributed by atoms with Crippen LogP contribution in [0.1, 0.15) is 24.1 Å². The smallest absolute Gasteiger partial charge is 0.322 e. The SMILES string of the molecule is CCc1ccc(C(C(N)C(=O)O)N(C)C)cc1. The Morgan fingerprint density at radius 1 is 1.35 bits per heavy atom. The first-order valence-corrected chi connectivity index (χ1v) is 5.71. The highest BCUT2D eigenvalue weighted by molar-refractivity contribution is 5.74. The molecule has 0 heterocycles. The maximum Gasteiger partial charge on any atom is 0.322 e. The van der Waals surface area contributed by atoms with Crippen molar-refractivity contribution in [1.29, 1.82) is 0 Å². The van der Waals surface area contributed by atoms with Crippen LogP contribution < -0.4 is 5.73 Å². The van der Waals surface area contributed by atoms with Crippen molar-refractivity contribution in [2.45, 2.75) is 25.4 Å². The molecule has 0 radical (unpaired) electrons. The van der Waals surface area contributed by atoms with Gasteiger partial charge in [0.1, 0.15) is 6.04 Å². The van der Waals surface area contributed by atoms with Crippen LogP contribution >= 0.6 is 0 Å². The second-order valence-corrected chi connectivity index (χ2v) is 4.37. The summed E-state index contributed by atoms with van der Waals surface area (Å²) in [5.74, 6) is -0.983. The summed E-state index contributed by atoms with van der Waals surface area (Å²) < 4.78 is 0. The Balaban J connectivity index is 3.01. The van der Waals surface area contributed by atoms with Gasteiger partial charge < -0.3 is 15.7 Å². The molecule has 4 heteroatoms. The van der Waals surface area contributed by atoms with Crippen molar-refractivity contribution in [2.24, 2.45) is 5.73 Å². The number of carboxylic acids is 1. The molecule has 0 saturated carbocycles. The Hall–Kier alpha value is -1.39. The van der Waals surface area contributed by atoms with Crippen LogP contribution in [-0.4, -0.2) is 36.1 Å². The maximum absolute atomic E-state index is 11.0. The van der Waals surface area contributed by atoms with E-state index >= 15 is 0 Å². The van der Waals surface area contributed by atoms with Gasteiger partial charge in [0.15, 0.2) is 0 Å². The van der Waals surface area contributed by atoms with Crippen LogP contribution in [0.25, 0.3) is 0 Å². The molecule has 2 unspecified atom stereocenters. The lowest BCUT2D eigenvalue weighted by atomic mass is 9.97. The van der Waals surface area contributed by atoms with Gasteiger partial charge in [-0.15, -0.1) is 0 Å². The van der Waals surface area contributed by atoms with Crippen LogP contribution in [0.2, 0.25) is 0 Å². The molecule has 94 valence electrons. The molecule has 1 rings (SSSR count).